The number of carbonyl (C=O) groups excluding carboxylic acids is 1. The van der Waals surface area contributed by atoms with E-state index >= 15 is 0 Å². The van der Waals surface area contributed by atoms with Gasteiger partial charge in [0.2, 0.25) is 10.0 Å². The Kier molecular flexibility index (Phi) is 6.79. The highest BCUT2D eigenvalue weighted by atomic mass is 32.2. The van der Waals surface area contributed by atoms with E-state index in [1.807, 2.05) is 11.0 Å². The van der Waals surface area contributed by atoms with Gasteiger partial charge in [-0.3, -0.25) is 9.69 Å². The SMILES string of the molecule is Cn1cc(S(=O)(=O)N2CCCCC2)cc1C(=O)N1CCN(CCc2ccccc2)CC1. The van der Waals surface area contributed by atoms with Gasteiger partial charge in [0.1, 0.15) is 10.6 Å². The molecule has 2 aliphatic heterocycles. The molecule has 8 heteroatoms. The third-order valence-corrected chi connectivity index (χ3v) is 8.23. The van der Waals surface area contributed by atoms with Crippen LogP contribution in [0.15, 0.2) is 47.5 Å². The molecule has 1 amide bonds. The van der Waals surface area contributed by atoms with E-state index < -0.39 is 10.0 Å². The number of aromatic nitrogens is 1. The number of amides is 1. The summed E-state index contributed by atoms with van der Waals surface area (Å²) in [6, 6.07) is 12.0. The van der Waals surface area contributed by atoms with Gasteiger partial charge in [0.15, 0.2) is 0 Å². The molecule has 0 bridgehead atoms. The van der Waals surface area contributed by atoms with E-state index in [0.29, 0.717) is 31.9 Å². The van der Waals surface area contributed by atoms with Gasteiger partial charge in [-0.15, -0.1) is 0 Å². The van der Waals surface area contributed by atoms with E-state index in [9.17, 15) is 13.2 Å². The zero-order valence-corrected chi connectivity index (χ0v) is 19.1. The highest BCUT2D eigenvalue weighted by Gasteiger charge is 2.30. The highest BCUT2D eigenvalue weighted by Crippen LogP contribution is 2.23. The van der Waals surface area contributed by atoms with Crippen LogP contribution in [-0.4, -0.2) is 78.8 Å². The Hall–Kier alpha value is -2.16. The average Bonchev–Trinajstić information content (AvgIpc) is 3.21. The fraction of sp³-hybridized carbons (Fsp3) is 0.522. The van der Waals surface area contributed by atoms with Crippen molar-refractivity contribution in [1.29, 1.82) is 0 Å². The molecule has 0 unspecified atom stereocenters. The molecule has 0 aliphatic carbocycles. The van der Waals surface area contributed by atoms with Crippen molar-refractivity contribution >= 4 is 15.9 Å². The molecule has 0 saturated carbocycles. The molecule has 31 heavy (non-hydrogen) atoms. The molecule has 7 nitrogen and oxygen atoms in total. The largest absolute Gasteiger partial charge is 0.345 e. The lowest BCUT2D eigenvalue weighted by Gasteiger charge is -2.34. The smallest absolute Gasteiger partial charge is 0.270 e. The third-order valence-electron chi connectivity index (χ3n) is 6.37. The number of nitrogens with zero attached hydrogens (tertiary/aromatic N) is 4. The van der Waals surface area contributed by atoms with Gasteiger partial charge < -0.3 is 9.47 Å². The molecule has 0 N–H and O–H groups in total. The Balaban J connectivity index is 1.36. The van der Waals surface area contributed by atoms with Crippen LogP contribution < -0.4 is 0 Å². The highest BCUT2D eigenvalue weighted by molar-refractivity contribution is 7.89. The Labute approximate surface area is 185 Å². The van der Waals surface area contributed by atoms with E-state index in [1.165, 1.54) is 5.56 Å². The molecule has 2 saturated heterocycles. The van der Waals surface area contributed by atoms with Gasteiger partial charge in [0.25, 0.3) is 5.91 Å². The summed E-state index contributed by atoms with van der Waals surface area (Å²) in [5.41, 5.74) is 1.76. The molecule has 0 atom stereocenters. The second kappa shape index (κ2) is 9.54. The van der Waals surface area contributed by atoms with Crippen LogP contribution in [0.25, 0.3) is 0 Å². The number of aryl methyl sites for hydroxylation is 1. The Bertz CT molecular complexity index is 989. The number of sulfonamides is 1. The normalized spacial score (nSPS) is 18.9. The van der Waals surface area contributed by atoms with Crippen LogP contribution in [0.4, 0.5) is 0 Å². The Morgan fingerprint density at radius 2 is 1.61 bits per heavy atom. The molecular weight excluding hydrogens is 412 g/mol. The minimum absolute atomic E-state index is 0.0923. The van der Waals surface area contributed by atoms with Crippen LogP contribution in [0.1, 0.15) is 35.3 Å². The molecule has 4 rings (SSSR count). The second-order valence-corrected chi connectivity index (χ2v) is 10.4. The van der Waals surface area contributed by atoms with E-state index in [4.69, 9.17) is 0 Å². The number of carbonyl (C=O) groups is 1. The lowest BCUT2D eigenvalue weighted by Crippen LogP contribution is -2.49. The molecule has 2 aliphatic rings. The summed E-state index contributed by atoms with van der Waals surface area (Å²) < 4.78 is 29.1. The van der Waals surface area contributed by atoms with E-state index in [2.05, 4.69) is 29.2 Å². The third kappa shape index (κ3) is 5.02. The fourth-order valence-corrected chi connectivity index (χ4v) is 6.00. The summed E-state index contributed by atoms with van der Waals surface area (Å²) in [4.78, 5) is 17.5. The second-order valence-electron chi connectivity index (χ2n) is 8.51. The number of hydrogen-bond acceptors (Lipinski definition) is 4. The first-order chi connectivity index (χ1) is 14.9. The zero-order chi connectivity index (χ0) is 21.8. The average molecular weight is 445 g/mol. The maximum absolute atomic E-state index is 13.1. The Morgan fingerprint density at radius 1 is 0.935 bits per heavy atom. The van der Waals surface area contributed by atoms with Crippen LogP contribution in [0.2, 0.25) is 0 Å². The quantitative estimate of drug-likeness (QED) is 0.685. The van der Waals surface area contributed by atoms with E-state index in [0.717, 1.165) is 45.3 Å². The van der Waals surface area contributed by atoms with E-state index in [-0.39, 0.29) is 10.8 Å². The molecule has 168 valence electrons. The van der Waals surface area contributed by atoms with Crippen LogP contribution >= 0.6 is 0 Å². The number of rotatable bonds is 6. The topological polar surface area (TPSA) is 65.9 Å². The summed E-state index contributed by atoms with van der Waals surface area (Å²) in [6.07, 6.45) is 5.44. The van der Waals surface area contributed by atoms with Crippen LogP contribution in [0.3, 0.4) is 0 Å². The number of piperazine rings is 1. The molecule has 1 aromatic heterocycles. The minimum atomic E-state index is -3.54. The van der Waals surface area contributed by atoms with Gasteiger partial charge in [-0.25, -0.2) is 8.42 Å². The van der Waals surface area contributed by atoms with Crippen molar-refractivity contribution in [3.63, 3.8) is 0 Å². The number of benzene rings is 1. The maximum Gasteiger partial charge on any atom is 0.270 e. The molecule has 2 fully saturated rings. The van der Waals surface area contributed by atoms with Crippen LogP contribution in [0.5, 0.6) is 0 Å². The molecule has 0 spiro atoms. The molecule has 0 radical (unpaired) electrons. The summed E-state index contributed by atoms with van der Waals surface area (Å²) >= 11 is 0. The zero-order valence-electron chi connectivity index (χ0n) is 18.2. The van der Waals surface area contributed by atoms with Gasteiger partial charge in [0.05, 0.1) is 0 Å². The van der Waals surface area contributed by atoms with Gasteiger partial charge in [0, 0.05) is 59.1 Å². The Morgan fingerprint density at radius 3 is 2.29 bits per heavy atom. The summed E-state index contributed by atoms with van der Waals surface area (Å²) in [5.74, 6) is -0.0923. The monoisotopic (exact) mass is 444 g/mol. The molecule has 2 aromatic rings. The number of piperidine rings is 1. The van der Waals surface area contributed by atoms with Crippen LogP contribution in [0, 0.1) is 0 Å². The van der Waals surface area contributed by atoms with Crippen molar-refractivity contribution in [1.82, 2.24) is 18.7 Å². The lowest BCUT2D eigenvalue weighted by molar-refractivity contribution is 0.0629. The summed E-state index contributed by atoms with van der Waals surface area (Å²) in [5, 5.41) is 0. The first-order valence-corrected chi connectivity index (χ1v) is 12.6. The predicted octanol–water partition coefficient (Wildman–Crippen LogP) is 2.20. The summed E-state index contributed by atoms with van der Waals surface area (Å²) in [7, 11) is -1.79. The lowest BCUT2D eigenvalue weighted by atomic mass is 10.1. The standard InChI is InChI=1S/C23H32N4O3S/c1-24-19-21(31(29,30)27-11-6-3-7-12-27)18-22(24)23(28)26-16-14-25(15-17-26)13-10-20-8-4-2-5-9-20/h2,4-5,8-9,18-19H,3,6-7,10-17H2,1H3. The molecule has 1 aromatic carbocycles. The van der Waals surface area contributed by atoms with Crippen molar-refractivity contribution in [2.75, 3.05) is 45.8 Å². The summed E-state index contributed by atoms with van der Waals surface area (Å²) in [6.45, 7) is 5.09. The fourth-order valence-electron chi connectivity index (χ4n) is 4.41. The van der Waals surface area contributed by atoms with Gasteiger partial charge >= 0.3 is 0 Å². The van der Waals surface area contributed by atoms with Gasteiger partial charge in [-0.1, -0.05) is 36.8 Å². The predicted molar refractivity (Wildman–Crippen MR) is 121 cm³/mol. The minimum Gasteiger partial charge on any atom is -0.345 e. The maximum atomic E-state index is 13.1. The van der Waals surface area contributed by atoms with Crippen molar-refractivity contribution in [3.05, 3.63) is 53.9 Å². The first-order valence-electron chi connectivity index (χ1n) is 11.2. The first kappa shape index (κ1) is 22.0. The van der Waals surface area contributed by atoms with E-state index in [1.54, 1.807) is 28.2 Å². The van der Waals surface area contributed by atoms with Gasteiger partial charge in [-0.2, -0.15) is 4.31 Å². The number of hydrogen-bond donors (Lipinski definition) is 0. The molecular formula is C23H32N4O3S. The van der Waals surface area contributed by atoms with Crippen molar-refractivity contribution in [3.8, 4) is 0 Å². The van der Waals surface area contributed by atoms with Crippen molar-refractivity contribution in [2.45, 2.75) is 30.6 Å². The van der Waals surface area contributed by atoms with Crippen LogP contribution in [-0.2, 0) is 23.5 Å². The van der Waals surface area contributed by atoms with Gasteiger partial charge in [-0.05, 0) is 30.9 Å². The van der Waals surface area contributed by atoms with Crippen molar-refractivity contribution < 1.29 is 13.2 Å². The molecule has 3 heterocycles. The van der Waals surface area contributed by atoms with Crippen molar-refractivity contribution in [2.24, 2.45) is 7.05 Å².